The molecule has 0 saturated heterocycles. The zero-order chi connectivity index (χ0) is 7.40. The summed E-state index contributed by atoms with van der Waals surface area (Å²) in [5.41, 5.74) is 4.11. The third kappa shape index (κ3) is 1.73. The van der Waals surface area contributed by atoms with Gasteiger partial charge in [-0.1, -0.05) is 0 Å². The highest BCUT2D eigenvalue weighted by Gasteiger charge is 2.06. The van der Waals surface area contributed by atoms with Crippen LogP contribution < -0.4 is 10.7 Å². The average molecular weight is 141 g/mol. The van der Waals surface area contributed by atoms with Crippen LogP contribution >= 0.6 is 0 Å². The molecule has 0 radical (unpaired) electrons. The highest BCUT2D eigenvalue weighted by atomic mass is 16.1. The van der Waals surface area contributed by atoms with Crippen molar-refractivity contribution in [2.24, 2.45) is 0 Å². The van der Waals surface area contributed by atoms with E-state index in [4.69, 9.17) is 0 Å². The number of nitrogens with zero attached hydrogens (tertiary/aromatic N) is 1. The molecule has 1 heterocycles. The third-order valence-corrected chi connectivity index (χ3v) is 1.32. The topological polar surface area (TPSA) is 44.4 Å². The van der Waals surface area contributed by atoms with Crippen molar-refractivity contribution in [3.05, 3.63) is 11.8 Å². The Morgan fingerprint density at radius 2 is 2.80 bits per heavy atom. The van der Waals surface area contributed by atoms with E-state index in [2.05, 4.69) is 10.7 Å². The van der Waals surface area contributed by atoms with Crippen molar-refractivity contribution in [1.82, 2.24) is 15.8 Å². The number of rotatable bonds is 3. The molecule has 0 aromatic heterocycles. The van der Waals surface area contributed by atoms with Crippen LogP contribution in [0.3, 0.4) is 0 Å². The summed E-state index contributed by atoms with van der Waals surface area (Å²) in [4.78, 5) is 9.86. The smallest absolute Gasteiger partial charge is 0.207 e. The van der Waals surface area contributed by atoms with Gasteiger partial charge in [0.15, 0.2) is 0 Å². The summed E-state index contributed by atoms with van der Waals surface area (Å²) in [5.74, 6) is 0. The second-order valence-corrected chi connectivity index (χ2v) is 2.22. The van der Waals surface area contributed by atoms with Gasteiger partial charge in [-0.15, -0.1) is 0 Å². The fraction of sp³-hybridized carbons (Fsp3) is 0.500. The van der Waals surface area contributed by atoms with E-state index in [9.17, 15) is 4.79 Å². The lowest BCUT2D eigenvalue weighted by atomic mass is 10.4. The van der Waals surface area contributed by atoms with Crippen LogP contribution in [0, 0.1) is 0 Å². The minimum absolute atomic E-state index is 0.591. The van der Waals surface area contributed by atoms with Crippen molar-refractivity contribution in [2.75, 3.05) is 20.1 Å². The van der Waals surface area contributed by atoms with Gasteiger partial charge in [0, 0.05) is 19.3 Å². The number of nitrogens with one attached hydrogen (secondary N) is 2. The van der Waals surface area contributed by atoms with Gasteiger partial charge in [0.1, 0.15) is 0 Å². The molecule has 0 aliphatic carbocycles. The summed E-state index contributed by atoms with van der Waals surface area (Å²) in [5, 5.41) is 4.52. The van der Waals surface area contributed by atoms with E-state index < -0.39 is 0 Å². The van der Waals surface area contributed by atoms with Crippen molar-refractivity contribution in [2.45, 2.75) is 0 Å². The Hall–Kier alpha value is -1.03. The molecule has 4 heteroatoms. The Bertz CT molecular complexity index is 155. The molecule has 0 unspecified atom stereocenters. The first-order valence-corrected chi connectivity index (χ1v) is 3.17. The minimum atomic E-state index is 0.591. The first kappa shape index (κ1) is 7.08. The van der Waals surface area contributed by atoms with Crippen molar-refractivity contribution in [3.63, 3.8) is 0 Å². The SMILES string of the molecule is CN1CC=C(CNC=O)N1. The summed E-state index contributed by atoms with van der Waals surface area (Å²) in [6, 6.07) is 0. The van der Waals surface area contributed by atoms with E-state index in [0.29, 0.717) is 13.0 Å². The first-order chi connectivity index (χ1) is 4.83. The van der Waals surface area contributed by atoms with Gasteiger partial charge in [0.2, 0.25) is 6.41 Å². The molecule has 56 valence electrons. The molecule has 1 aliphatic rings. The van der Waals surface area contributed by atoms with Crippen LogP contribution in [0.15, 0.2) is 11.8 Å². The van der Waals surface area contributed by atoms with E-state index in [1.165, 1.54) is 0 Å². The van der Waals surface area contributed by atoms with E-state index in [1.54, 1.807) is 0 Å². The van der Waals surface area contributed by atoms with Crippen LogP contribution in [0.1, 0.15) is 0 Å². The molecule has 4 nitrogen and oxygen atoms in total. The van der Waals surface area contributed by atoms with Crippen molar-refractivity contribution in [1.29, 1.82) is 0 Å². The lowest BCUT2D eigenvalue weighted by Crippen LogP contribution is -2.31. The molecule has 10 heavy (non-hydrogen) atoms. The molecule has 0 saturated carbocycles. The monoisotopic (exact) mass is 141 g/mol. The summed E-state index contributed by atoms with van der Waals surface area (Å²) in [6.45, 7) is 1.49. The van der Waals surface area contributed by atoms with E-state index in [1.807, 2.05) is 18.1 Å². The largest absolute Gasteiger partial charge is 0.353 e. The molecule has 0 bridgehead atoms. The van der Waals surface area contributed by atoms with Gasteiger partial charge in [-0.2, -0.15) is 0 Å². The van der Waals surface area contributed by atoms with Crippen LogP contribution in [0.5, 0.6) is 0 Å². The molecule has 0 fully saturated rings. The Kier molecular flexibility index (Phi) is 2.28. The Balaban J connectivity index is 2.23. The summed E-state index contributed by atoms with van der Waals surface area (Å²) in [7, 11) is 1.95. The quantitative estimate of drug-likeness (QED) is 0.499. The molecule has 0 aromatic carbocycles. The second-order valence-electron chi connectivity index (χ2n) is 2.22. The van der Waals surface area contributed by atoms with Gasteiger partial charge >= 0.3 is 0 Å². The fourth-order valence-corrected chi connectivity index (χ4v) is 0.847. The maximum Gasteiger partial charge on any atom is 0.207 e. The Morgan fingerprint density at radius 3 is 3.30 bits per heavy atom. The van der Waals surface area contributed by atoms with Crippen LogP contribution in [-0.2, 0) is 4.79 Å². The zero-order valence-corrected chi connectivity index (χ0v) is 5.92. The standard InChI is InChI=1S/C6H11N3O/c1-9-3-2-6(8-9)4-7-5-10/h2,5,8H,3-4H2,1H3,(H,7,10). The minimum Gasteiger partial charge on any atom is -0.353 e. The number of carbonyl (C=O) groups excluding carboxylic acids is 1. The molecule has 1 rings (SSSR count). The first-order valence-electron chi connectivity index (χ1n) is 3.17. The maximum atomic E-state index is 9.86. The van der Waals surface area contributed by atoms with E-state index in [0.717, 1.165) is 12.2 Å². The average Bonchev–Trinajstić information content (AvgIpc) is 2.31. The van der Waals surface area contributed by atoms with Gasteiger partial charge in [0.25, 0.3) is 0 Å². The lowest BCUT2D eigenvalue weighted by molar-refractivity contribution is -0.109. The molecule has 0 atom stereocenters. The molecule has 0 aromatic rings. The van der Waals surface area contributed by atoms with Crippen LogP contribution in [0.25, 0.3) is 0 Å². The normalized spacial score (nSPS) is 17.9. The summed E-state index contributed by atoms with van der Waals surface area (Å²) < 4.78 is 0. The molecular formula is C6H11N3O. The van der Waals surface area contributed by atoms with Gasteiger partial charge in [-0.3, -0.25) is 4.79 Å². The van der Waals surface area contributed by atoms with E-state index >= 15 is 0 Å². The molecular weight excluding hydrogens is 130 g/mol. The molecule has 0 spiro atoms. The number of amides is 1. The summed E-state index contributed by atoms with van der Waals surface area (Å²) >= 11 is 0. The van der Waals surface area contributed by atoms with Crippen LogP contribution in [-0.4, -0.2) is 31.6 Å². The number of hydrogen-bond donors (Lipinski definition) is 2. The molecule has 1 aliphatic heterocycles. The Morgan fingerprint density at radius 1 is 2.00 bits per heavy atom. The summed E-state index contributed by atoms with van der Waals surface area (Å²) in [6.07, 6.45) is 2.73. The van der Waals surface area contributed by atoms with Crippen molar-refractivity contribution in [3.8, 4) is 0 Å². The fourth-order valence-electron chi connectivity index (χ4n) is 0.847. The Labute approximate surface area is 59.9 Å². The highest BCUT2D eigenvalue weighted by molar-refractivity contribution is 5.46. The lowest BCUT2D eigenvalue weighted by Gasteiger charge is -2.10. The van der Waals surface area contributed by atoms with Crippen LogP contribution in [0.2, 0.25) is 0 Å². The number of likely N-dealkylation sites (N-methyl/N-ethyl adjacent to an activating group) is 1. The molecule has 2 N–H and O–H groups in total. The zero-order valence-electron chi connectivity index (χ0n) is 5.92. The highest BCUT2D eigenvalue weighted by Crippen LogP contribution is 1.96. The second kappa shape index (κ2) is 3.22. The van der Waals surface area contributed by atoms with Gasteiger partial charge in [-0.05, 0) is 6.08 Å². The number of hydrazine groups is 1. The van der Waals surface area contributed by atoms with Crippen molar-refractivity contribution >= 4 is 6.41 Å². The van der Waals surface area contributed by atoms with Crippen LogP contribution in [0.4, 0.5) is 0 Å². The van der Waals surface area contributed by atoms with Gasteiger partial charge in [0.05, 0.1) is 6.54 Å². The number of hydrogen-bond acceptors (Lipinski definition) is 3. The van der Waals surface area contributed by atoms with Gasteiger partial charge in [-0.25, -0.2) is 5.01 Å². The maximum absolute atomic E-state index is 9.86. The number of carbonyl (C=O) groups is 1. The van der Waals surface area contributed by atoms with Crippen molar-refractivity contribution < 1.29 is 4.79 Å². The predicted octanol–water partition coefficient (Wildman–Crippen LogP) is -0.934. The van der Waals surface area contributed by atoms with E-state index in [-0.39, 0.29) is 0 Å². The third-order valence-electron chi connectivity index (χ3n) is 1.32. The predicted molar refractivity (Wildman–Crippen MR) is 37.9 cm³/mol. The van der Waals surface area contributed by atoms with Gasteiger partial charge < -0.3 is 10.7 Å². The molecule has 1 amide bonds.